The molecule has 230 valence electrons. The number of methoxy groups -OCH3 is 1. The van der Waals surface area contributed by atoms with E-state index in [0.717, 1.165) is 9.87 Å². The number of nitrogens with zero attached hydrogens (tertiary/aromatic N) is 2. The predicted molar refractivity (Wildman–Crippen MR) is 173 cm³/mol. The molecule has 1 unspecified atom stereocenters. The summed E-state index contributed by atoms with van der Waals surface area (Å²) in [7, 11) is -2.70. The van der Waals surface area contributed by atoms with E-state index in [0.29, 0.717) is 35.0 Å². The normalized spacial score (nSPS) is 11.8. The number of sulfonamides is 1. The molecule has 4 aromatic rings. The summed E-state index contributed by atoms with van der Waals surface area (Å²) in [5, 5.41) is 3.42. The fourth-order valence-corrected chi connectivity index (χ4v) is 6.38. The molecule has 1 atom stereocenters. The molecule has 0 spiro atoms. The molecule has 0 fully saturated rings. The van der Waals surface area contributed by atoms with Crippen molar-refractivity contribution in [1.82, 2.24) is 10.2 Å². The minimum atomic E-state index is -4.20. The molecule has 0 saturated carbocycles. The van der Waals surface area contributed by atoms with Gasteiger partial charge in [0.05, 0.1) is 17.7 Å². The minimum absolute atomic E-state index is 0.00197. The number of benzene rings is 4. The van der Waals surface area contributed by atoms with Gasteiger partial charge in [0, 0.05) is 24.5 Å². The topological polar surface area (TPSA) is 96.0 Å². The zero-order chi connectivity index (χ0) is 31.5. The lowest BCUT2D eigenvalue weighted by Crippen LogP contribution is -2.53. The Morgan fingerprint density at radius 2 is 1.50 bits per heavy atom. The van der Waals surface area contributed by atoms with E-state index in [1.807, 2.05) is 43.3 Å². The third-order valence-electron chi connectivity index (χ3n) is 7.03. The highest BCUT2D eigenvalue weighted by atomic mass is 35.5. The molecule has 0 aliphatic carbocycles. The Hall–Kier alpha value is -4.34. The summed E-state index contributed by atoms with van der Waals surface area (Å²) in [5.74, 6) is -0.366. The Morgan fingerprint density at radius 1 is 0.864 bits per heavy atom. The second-order valence-corrected chi connectivity index (χ2v) is 12.5. The first-order valence-electron chi connectivity index (χ1n) is 14.3. The van der Waals surface area contributed by atoms with Crippen LogP contribution in [0.3, 0.4) is 0 Å². The van der Waals surface area contributed by atoms with E-state index >= 15 is 0 Å². The van der Waals surface area contributed by atoms with E-state index in [-0.39, 0.29) is 23.8 Å². The maximum Gasteiger partial charge on any atom is 0.264 e. The molecule has 0 aliphatic rings. The number of hydrogen-bond acceptors (Lipinski definition) is 5. The summed E-state index contributed by atoms with van der Waals surface area (Å²) < 4.78 is 34.4. The number of carbonyl (C=O) groups is 2. The molecular formula is C34H36ClN3O5S. The van der Waals surface area contributed by atoms with Crippen molar-refractivity contribution in [3.63, 3.8) is 0 Å². The van der Waals surface area contributed by atoms with E-state index in [4.69, 9.17) is 16.3 Å². The molecule has 10 heteroatoms. The van der Waals surface area contributed by atoms with Gasteiger partial charge in [-0.05, 0) is 66.1 Å². The van der Waals surface area contributed by atoms with Crippen LogP contribution in [-0.4, -0.2) is 51.4 Å². The van der Waals surface area contributed by atoms with E-state index in [1.165, 1.54) is 24.1 Å². The van der Waals surface area contributed by atoms with Crippen molar-refractivity contribution < 1.29 is 22.7 Å². The molecule has 0 saturated heterocycles. The number of ether oxygens (including phenoxy) is 1. The van der Waals surface area contributed by atoms with Gasteiger partial charge in [-0.3, -0.25) is 13.9 Å². The lowest BCUT2D eigenvalue weighted by atomic mass is 10.0. The van der Waals surface area contributed by atoms with Crippen molar-refractivity contribution in [1.29, 1.82) is 0 Å². The van der Waals surface area contributed by atoms with Crippen molar-refractivity contribution in [3.8, 4) is 5.75 Å². The Balaban J connectivity index is 1.77. The van der Waals surface area contributed by atoms with Crippen LogP contribution in [0, 0.1) is 0 Å². The number of halogens is 1. The summed E-state index contributed by atoms with van der Waals surface area (Å²) in [6, 6.07) is 30.0. The fourth-order valence-electron chi connectivity index (χ4n) is 4.75. The number of anilines is 1. The van der Waals surface area contributed by atoms with Gasteiger partial charge in [-0.2, -0.15) is 0 Å². The molecule has 0 radical (unpaired) electrons. The van der Waals surface area contributed by atoms with Crippen molar-refractivity contribution in [2.45, 2.75) is 37.2 Å². The number of carbonyl (C=O) groups excluding carboxylic acids is 2. The van der Waals surface area contributed by atoms with Crippen molar-refractivity contribution in [2.24, 2.45) is 0 Å². The van der Waals surface area contributed by atoms with E-state index in [2.05, 4.69) is 5.32 Å². The lowest BCUT2D eigenvalue weighted by Gasteiger charge is -2.34. The van der Waals surface area contributed by atoms with Crippen LogP contribution in [0.15, 0.2) is 114 Å². The molecule has 8 nitrogen and oxygen atoms in total. The van der Waals surface area contributed by atoms with Crippen LogP contribution in [0.2, 0.25) is 5.02 Å². The number of hydrogen-bond donors (Lipinski definition) is 1. The van der Waals surface area contributed by atoms with Gasteiger partial charge < -0.3 is 15.0 Å². The van der Waals surface area contributed by atoms with Crippen LogP contribution in [0.25, 0.3) is 0 Å². The zero-order valence-electron chi connectivity index (χ0n) is 24.7. The molecule has 44 heavy (non-hydrogen) atoms. The van der Waals surface area contributed by atoms with Crippen LogP contribution >= 0.6 is 11.6 Å². The molecule has 0 aromatic heterocycles. The molecule has 0 bridgehead atoms. The first-order valence-corrected chi connectivity index (χ1v) is 16.1. The van der Waals surface area contributed by atoms with Gasteiger partial charge in [0.25, 0.3) is 10.0 Å². The second kappa shape index (κ2) is 15.4. The first-order chi connectivity index (χ1) is 21.2. The number of nitrogens with one attached hydrogen (secondary N) is 1. The average molecular weight is 634 g/mol. The number of rotatable bonds is 14. The maximum atomic E-state index is 14.4. The summed E-state index contributed by atoms with van der Waals surface area (Å²) in [5.41, 5.74) is 1.88. The van der Waals surface area contributed by atoms with Gasteiger partial charge in [-0.15, -0.1) is 0 Å². The highest BCUT2D eigenvalue weighted by Crippen LogP contribution is 2.26. The van der Waals surface area contributed by atoms with Gasteiger partial charge in [0.1, 0.15) is 18.3 Å². The summed E-state index contributed by atoms with van der Waals surface area (Å²) in [4.78, 5) is 29.5. The van der Waals surface area contributed by atoms with Crippen molar-refractivity contribution in [2.75, 3.05) is 24.5 Å². The molecule has 0 aliphatic heterocycles. The third kappa shape index (κ3) is 8.39. The van der Waals surface area contributed by atoms with Crippen LogP contribution < -0.4 is 14.4 Å². The Morgan fingerprint density at radius 3 is 2.11 bits per heavy atom. The van der Waals surface area contributed by atoms with Crippen molar-refractivity contribution in [3.05, 3.63) is 125 Å². The van der Waals surface area contributed by atoms with Crippen LogP contribution in [-0.2, 0) is 32.6 Å². The van der Waals surface area contributed by atoms with Gasteiger partial charge in [-0.25, -0.2) is 8.42 Å². The largest absolute Gasteiger partial charge is 0.497 e. The standard InChI is InChI=1S/C34H36ClN3O5S/c1-3-21-36-34(40)32(23-26-11-6-4-7-12-26)37(24-27-13-10-14-28(35)22-27)33(39)25-38(29-15-8-5-9-16-29)44(41,42)31-19-17-30(43-2)18-20-31/h4-20,22,32H,3,21,23-25H2,1-2H3,(H,36,40). The quantitative estimate of drug-likeness (QED) is 0.192. The SMILES string of the molecule is CCCNC(=O)C(Cc1ccccc1)N(Cc1cccc(Cl)c1)C(=O)CN(c1ccccc1)S(=O)(=O)c1ccc(OC)cc1. The monoisotopic (exact) mass is 633 g/mol. The number of amides is 2. The minimum Gasteiger partial charge on any atom is -0.497 e. The van der Waals surface area contributed by atoms with E-state index in [1.54, 1.807) is 60.7 Å². The van der Waals surface area contributed by atoms with Gasteiger partial charge in [0.2, 0.25) is 11.8 Å². The Kier molecular flexibility index (Phi) is 11.4. The third-order valence-corrected chi connectivity index (χ3v) is 9.06. The summed E-state index contributed by atoms with van der Waals surface area (Å²) >= 11 is 6.28. The van der Waals surface area contributed by atoms with Gasteiger partial charge in [-0.1, -0.05) is 79.2 Å². The maximum absolute atomic E-state index is 14.4. The van der Waals surface area contributed by atoms with Gasteiger partial charge in [0.15, 0.2) is 0 Å². The molecule has 2 amide bonds. The molecule has 1 N–H and O–H groups in total. The lowest BCUT2D eigenvalue weighted by molar-refractivity contribution is -0.140. The van der Waals surface area contributed by atoms with Gasteiger partial charge >= 0.3 is 0 Å². The summed E-state index contributed by atoms with van der Waals surface area (Å²) in [6.07, 6.45) is 0.952. The smallest absolute Gasteiger partial charge is 0.264 e. The molecular weight excluding hydrogens is 598 g/mol. The molecule has 0 heterocycles. The summed E-state index contributed by atoms with van der Waals surface area (Å²) in [6.45, 7) is 1.89. The molecule has 4 rings (SSSR count). The highest BCUT2D eigenvalue weighted by molar-refractivity contribution is 7.92. The fraction of sp³-hybridized carbons (Fsp3) is 0.235. The number of para-hydroxylation sites is 1. The van der Waals surface area contributed by atoms with Crippen molar-refractivity contribution >= 4 is 39.1 Å². The van der Waals surface area contributed by atoms with Crippen LogP contribution in [0.4, 0.5) is 5.69 Å². The first kappa shape index (κ1) is 32.6. The average Bonchev–Trinajstić information content (AvgIpc) is 3.04. The zero-order valence-corrected chi connectivity index (χ0v) is 26.3. The van der Waals surface area contributed by atoms with Crippen LogP contribution in [0.1, 0.15) is 24.5 Å². The Bertz CT molecular complexity index is 1630. The second-order valence-electron chi connectivity index (χ2n) is 10.2. The van der Waals surface area contributed by atoms with E-state index < -0.39 is 28.5 Å². The predicted octanol–water partition coefficient (Wildman–Crippen LogP) is 5.71. The van der Waals surface area contributed by atoms with E-state index in [9.17, 15) is 18.0 Å². The highest BCUT2D eigenvalue weighted by Gasteiger charge is 2.34. The molecule has 4 aromatic carbocycles. The Labute approximate surface area is 264 Å². The van der Waals surface area contributed by atoms with Crippen LogP contribution in [0.5, 0.6) is 5.75 Å².